The van der Waals surface area contributed by atoms with Gasteiger partial charge in [-0.1, -0.05) is 0 Å². The van der Waals surface area contributed by atoms with Crippen molar-refractivity contribution in [3.8, 4) is 11.6 Å². The molecule has 0 saturated heterocycles. The highest BCUT2D eigenvalue weighted by Gasteiger charge is 2.14. The number of ether oxygens (including phenoxy) is 1. The molecule has 0 aromatic carbocycles. The van der Waals surface area contributed by atoms with Crippen molar-refractivity contribution in [3.63, 3.8) is 0 Å². The Bertz CT molecular complexity index is 499. The SMILES string of the molecule is CCn1nc(C)c(N)c1Oc1cnn(C)c1. The topological polar surface area (TPSA) is 70.9 Å². The Morgan fingerprint density at radius 3 is 2.81 bits per heavy atom. The van der Waals surface area contributed by atoms with Gasteiger partial charge in [0, 0.05) is 13.6 Å². The average Bonchev–Trinajstić information content (AvgIpc) is 2.77. The second kappa shape index (κ2) is 3.88. The van der Waals surface area contributed by atoms with Crippen LogP contribution >= 0.6 is 0 Å². The van der Waals surface area contributed by atoms with Gasteiger partial charge in [-0.3, -0.25) is 4.68 Å². The van der Waals surface area contributed by atoms with Crippen molar-refractivity contribution in [2.24, 2.45) is 7.05 Å². The van der Waals surface area contributed by atoms with Gasteiger partial charge in [-0.05, 0) is 13.8 Å². The van der Waals surface area contributed by atoms with Crippen molar-refractivity contribution < 1.29 is 4.74 Å². The van der Waals surface area contributed by atoms with Crippen molar-refractivity contribution in [3.05, 3.63) is 18.1 Å². The van der Waals surface area contributed by atoms with E-state index in [-0.39, 0.29) is 0 Å². The molecule has 0 saturated carbocycles. The molecule has 0 aliphatic rings. The van der Waals surface area contributed by atoms with Crippen LogP contribution in [0.1, 0.15) is 12.6 Å². The van der Waals surface area contributed by atoms with Gasteiger partial charge in [-0.2, -0.15) is 10.2 Å². The molecule has 0 aliphatic carbocycles. The van der Waals surface area contributed by atoms with Crippen LogP contribution in [0, 0.1) is 6.92 Å². The minimum atomic E-state index is 0.575. The molecule has 2 N–H and O–H groups in total. The average molecular weight is 221 g/mol. The first kappa shape index (κ1) is 10.5. The molecule has 0 unspecified atom stereocenters. The van der Waals surface area contributed by atoms with E-state index in [9.17, 15) is 0 Å². The molecule has 2 rings (SSSR count). The molecule has 6 heteroatoms. The highest BCUT2D eigenvalue weighted by molar-refractivity contribution is 5.53. The number of aromatic nitrogens is 4. The van der Waals surface area contributed by atoms with Crippen molar-refractivity contribution >= 4 is 5.69 Å². The van der Waals surface area contributed by atoms with Crippen LogP contribution in [0.25, 0.3) is 0 Å². The maximum Gasteiger partial charge on any atom is 0.241 e. The highest BCUT2D eigenvalue weighted by atomic mass is 16.5. The first-order valence-electron chi connectivity index (χ1n) is 5.11. The molecule has 0 spiro atoms. The smallest absolute Gasteiger partial charge is 0.241 e. The summed E-state index contributed by atoms with van der Waals surface area (Å²) >= 11 is 0. The number of aryl methyl sites for hydroxylation is 3. The Labute approximate surface area is 93.6 Å². The fraction of sp³-hybridized carbons (Fsp3) is 0.400. The number of hydrogen-bond donors (Lipinski definition) is 1. The molecule has 2 heterocycles. The predicted molar refractivity (Wildman–Crippen MR) is 60.3 cm³/mol. The molecular weight excluding hydrogens is 206 g/mol. The van der Waals surface area contributed by atoms with Crippen LogP contribution < -0.4 is 10.5 Å². The Balaban J connectivity index is 2.33. The fourth-order valence-corrected chi connectivity index (χ4v) is 1.46. The molecule has 0 atom stereocenters. The molecule has 86 valence electrons. The Morgan fingerprint density at radius 1 is 1.50 bits per heavy atom. The third-order valence-electron chi connectivity index (χ3n) is 2.32. The zero-order chi connectivity index (χ0) is 11.7. The summed E-state index contributed by atoms with van der Waals surface area (Å²) in [6.07, 6.45) is 3.42. The van der Waals surface area contributed by atoms with Crippen molar-refractivity contribution in [1.82, 2.24) is 19.6 Å². The lowest BCUT2D eigenvalue weighted by atomic mass is 10.4. The molecule has 2 aromatic heterocycles. The molecule has 2 aromatic rings. The molecule has 0 bridgehead atoms. The third-order valence-corrected chi connectivity index (χ3v) is 2.32. The van der Waals surface area contributed by atoms with Crippen LogP contribution in [0.15, 0.2) is 12.4 Å². The summed E-state index contributed by atoms with van der Waals surface area (Å²) in [5.74, 6) is 1.23. The second-order valence-corrected chi connectivity index (χ2v) is 3.57. The number of nitrogens with zero attached hydrogens (tertiary/aromatic N) is 4. The van der Waals surface area contributed by atoms with Crippen LogP contribution in [-0.4, -0.2) is 19.6 Å². The zero-order valence-corrected chi connectivity index (χ0v) is 9.64. The first-order valence-corrected chi connectivity index (χ1v) is 5.11. The zero-order valence-electron chi connectivity index (χ0n) is 9.64. The van der Waals surface area contributed by atoms with Gasteiger partial charge in [0.15, 0.2) is 5.75 Å². The second-order valence-electron chi connectivity index (χ2n) is 3.57. The highest BCUT2D eigenvalue weighted by Crippen LogP contribution is 2.29. The summed E-state index contributed by atoms with van der Waals surface area (Å²) in [6, 6.07) is 0. The van der Waals surface area contributed by atoms with Crippen LogP contribution in [0.2, 0.25) is 0 Å². The molecule has 0 radical (unpaired) electrons. The van der Waals surface area contributed by atoms with Crippen LogP contribution in [-0.2, 0) is 13.6 Å². The van der Waals surface area contributed by atoms with Crippen molar-refractivity contribution in [2.75, 3.05) is 5.73 Å². The van der Waals surface area contributed by atoms with E-state index in [1.807, 2.05) is 20.9 Å². The number of anilines is 1. The molecule has 16 heavy (non-hydrogen) atoms. The molecule has 0 amide bonds. The standard InChI is InChI=1S/C10H15N5O/c1-4-15-10(9(11)7(2)13-15)16-8-5-12-14(3)6-8/h5-6H,4,11H2,1-3H3. The number of hydrogen-bond acceptors (Lipinski definition) is 4. The Morgan fingerprint density at radius 2 is 2.25 bits per heavy atom. The molecule has 0 aliphatic heterocycles. The summed E-state index contributed by atoms with van der Waals surface area (Å²) in [5.41, 5.74) is 7.25. The fourth-order valence-electron chi connectivity index (χ4n) is 1.46. The summed E-state index contributed by atoms with van der Waals surface area (Å²) < 4.78 is 9.07. The summed E-state index contributed by atoms with van der Waals surface area (Å²) in [7, 11) is 1.83. The van der Waals surface area contributed by atoms with Crippen LogP contribution in [0.5, 0.6) is 11.6 Å². The molecule has 6 nitrogen and oxygen atoms in total. The minimum absolute atomic E-state index is 0.575. The number of rotatable bonds is 3. The van der Waals surface area contributed by atoms with Crippen molar-refractivity contribution in [2.45, 2.75) is 20.4 Å². The van der Waals surface area contributed by atoms with Crippen LogP contribution in [0.3, 0.4) is 0 Å². The van der Waals surface area contributed by atoms with E-state index in [1.165, 1.54) is 0 Å². The Kier molecular flexibility index (Phi) is 2.55. The van der Waals surface area contributed by atoms with E-state index in [1.54, 1.807) is 21.8 Å². The van der Waals surface area contributed by atoms with E-state index in [4.69, 9.17) is 10.5 Å². The lowest BCUT2D eigenvalue weighted by molar-refractivity contribution is 0.418. The van der Waals surface area contributed by atoms with E-state index in [0.29, 0.717) is 23.9 Å². The van der Waals surface area contributed by atoms with E-state index < -0.39 is 0 Å². The molecule has 0 fully saturated rings. The summed E-state index contributed by atoms with van der Waals surface area (Å²) in [5, 5.41) is 8.30. The maximum atomic E-state index is 5.90. The lowest BCUT2D eigenvalue weighted by Crippen LogP contribution is -2.00. The Hall–Kier alpha value is -1.98. The van der Waals surface area contributed by atoms with Gasteiger partial charge in [-0.15, -0.1) is 0 Å². The third kappa shape index (κ3) is 1.73. The minimum Gasteiger partial charge on any atom is -0.434 e. The van der Waals surface area contributed by atoms with Gasteiger partial charge in [0.05, 0.1) is 18.1 Å². The van der Waals surface area contributed by atoms with Crippen molar-refractivity contribution in [1.29, 1.82) is 0 Å². The maximum absolute atomic E-state index is 5.90. The van der Waals surface area contributed by atoms with Gasteiger partial charge in [-0.25, -0.2) is 4.68 Å². The van der Waals surface area contributed by atoms with Gasteiger partial charge < -0.3 is 10.5 Å². The summed E-state index contributed by atoms with van der Waals surface area (Å²) in [6.45, 7) is 4.56. The normalized spacial score (nSPS) is 10.7. The number of nitrogens with two attached hydrogens (primary N) is 1. The molecular formula is C10H15N5O. The van der Waals surface area contributed by atoms with E-state index >= 15 is 0 Å². The first-order chi connectivity index (χ1) is 7.61. The monoisotopic (exact) mass is 221 g/mol. The van der Waals surface area contributed by atoms with Gasteiger partial charge >= 0.3 is 0 Å². The lowest BCUT2D eigenvalue weighted by Gasteiger charge is -2.05. The predicted octanol–water partition coefficient (Wildman–Crippen LogP) is 1.32. The van der Waals surface area contributed by atoms with Gasteiger partial charge in [0.1, 0.15) is 5.69 Å². The van der Waals surface area contributed by atoms with Crippen LogP contribution in [0.4, 0.5) is 5.69 Å². The van der Waals surface area contributed by atoms with E-state index in [0.717, 1.165) is 5.69 Å². The van der Waals surface area contributed by atoms with Gasteiger partial charge in [0.2, 0.25) is 5.88 Å². The number of nitrogen functional groups attached to an aromatic ring is 1. The quantitative estimate of drug-likeness (QED) is 0.848. The van der Waals surface area contributed by atoms with E-state index in [2.05, 4.69) is 10.2 Å². The summed E-state index contributed by atoms with van der Waals surface area (Å²) in [4.78, 5) is 0. The largest absolute Gasteiger partial charge is 0.434 e. The van der Waals surface area contributed by atoms with Gasteiger partial charge in [0.25, 0.3) is 0 Å².